The van der Waals surface area contributed by atoms with E-state index < -0.39 is 0 Å². The van der Waals surface area contributed by atoms with Crippen LogP contribution in [-0.2, 0) is 0 Å². The minimum absolute atomic E-state index is 0.176. The van der Waals surface area contributed by atoms with Crippen LogP contribution in [0.5, 0.6) is 0 Å². The summed E-state index contributed by atoms with van der Waals surface area (Å²) in [5, 5.41) is 5.31. The van der Waals surface area contributed by atoms with Crippen molar-refractivity contribution in [1.29, 1.82) is 0 Å². The number of imidazole rings is 1. The first kappa shape index (κ1) is 14.8. The van der Waals surface area contributed by atoms with Gasteiger partial charge in [-0.25, -0.2) is 9.78 Å². The average Bonchev–Trinajstić information content (AvgIpc) is 3.19. The van der Waals surface area contributed by atoms with E-state index in [1.165, 1.54) is 12.7 Å². The molecule has 118 valence electrons. The molecular weight excluding hydrogens is 294 g/mol. The van der Waals surface area contributed by atoms with Crippen molar-refractivity contribution >= 4 is 17.5 Å². The van der Waals surface area contributed by atoms with Crippen LogP contribution in [-0.4, -0.2) is 20.6 Å². The van der Waals surface area contributed by atoms with E-state index in [2.05, 4.69) is 32.1 Å². The Morgan fingerprint density at radius 1 is 1.22 bits per heavy atom. The second kappa shape index (κ2) is 6.35. The molecule has 7 heteroatoms. The Labute approximate surface area is 133 Å². The zero-order valence-corrected chi connectivity index (χ0v) is 12.9. The third-order valence-electron chi connectivity index (χ3n) is 3.60. The van der Waals surface area contributed by atoms with E-state index in [9.17, 15) is 4.79 Å². The van der Waals surface area contributed by atoms with Gasteiger partial charge in [-0.3, -0.25) is 5.32 Å². The first-order chi connectivity index (χ1) is 11.1. The molecule has 0 saturated carbocycles. The highest BCUT2D eigenvalue weighted by Crippen LogP contribution is 2.21. The van der Waals surface area contributed by atoms with Gasteiger partial charge in [-0.2, -0.15) is 4.98 Å². The predicted molar refractivity (Wildman–Crippen MR) is 86.4 cm³/mol. The lowest BCUT2D eigenvalue weighted by Crippen LogP contribution is -2.19. The smallest absolute Gasteiger partial charge is 0.324 e. The Bertz CT molecular complexity index is 777. The van der Waals surface area contributed by atoms with Crippen LogP contribution < -0.4 is 10.6 Å². The zero-order valence-electron chi connectivity index (χ0n) is 12.9. The first-order valence-corrected chi connectivity index (χ1v) is 7.19. The number of oxazole rings is 1. The molecule has 2 heterocycles. The van der Waals surface area contributed by atoms with Gasteiger partial charge in [0.2, 0.25) is 0 Å². The average molecular weight is 311 g/mol. The number of aryl methyl sites for hydroxylation is 1. The number of benzene rings is 1. The highest BCUT2D eigenvalue weighted by Gasteiger charge is 2.10. The van der Waals surface area contributed by atoms with Gasteiger partial charge in [0.15, 0.2) is 12.2 Å². The maximum atomic E-state index is 11.8. The molecular formula is C16H17N5O2. The summed E-state index contributed by atoms with van der Waals surface area (Å²) in [6.07, 6.45) is 6.36. The Morgan fingerprint density at radius 3 is 2.61 bits per heavy atom. The number of carbonyl (C=O) groups is 1. The second-order valence-electron chi connectivity index (χ2n) is 5.13. The summed E-state index contributed by atoms with van der Waals surface area (Å²) in [6, 6.07) is 7.49. The molecule has 0 fully saturated rings. The van der Waals surface area contributed by atoms with Crippen molar-refractivity contribution in [3.05, 3.63) is 60.7 Å². The van der Waals surface area contributed by atoms with Crippen LogP contribution in [0.3, 0.4) is 0 Å². The topological polar surface area (TPSA) is 85.0 Å². The largest absolute Gasteiger partial charge is 0.449 e. The molecule has 0 spiro atoms. The van der Waals surface area contributed by atoms with E-state index >= 15 is 0 Å². The van der Waals surface area contributed by atoms with Gasteiger partial charge in [0.1, 0.15) is 12.1 Å². The lowest BCUT2D eigenvalue weighted by atomic mass is 10.1. The van der Waals surface area contributed by atoms with Crippen molar-refractivity contribution in [2.75, 3.05) is 10.6 Å². The van der Waals surface area contributed by atoms with E-state index in [0.717, 1.165) is 11.4 Å². The predicted octanol–water partition coefficient (Wildman–Crippen LogP) is 3.43. The molecule has 3 aromatic rings. The van der Waals surface area contributed by atoms with E-state index in [-0.39, 0.29) is 12.1 Å². The number of hydrogen-bond donors (Lipinski definition) is 2. The number of nitrogens with one attached hydrogen (secondary N) is 2. The number of rotatable bonds is 4. The number of amides is 2. The monoisotopic (exact) mass is 311 g/mol. The Balaban J connectivity index is 1.65. The van der Waals surface area contributed by atoms with Crippen molar-refractivity contribution in [1.82, 2.24) is 14.5 Å². The van der Waals surface area contributed by atoms with Gasteiger partial charge >= 0.3 is 6.03 Å². The Morgan fingerprint density at radius 2 is 2.00 bits per heavy atom. The van der Waals surface area contributed by atoms with Crippen LogP contribution in [0.15, 0.2) is 53.7 Å². The van der Waals surface area contributed by atoms with Gasteiger partial charge in [-0.05, 0) is 31.5 Å². The fourth-order valence-corrected chi connectivity index (χ4v) is 2.36. The van der Waals surface area contributed by atoms with Gasteiger partial charge in [0, 0.05) is 18.1 Å². The van der Waals surface area contributed by atoms with Crippen LogP contribution in [0.25, 0.3) is 0 Å². The lowest BCUT2D eigenvalue weighted by molar-refractivity contribution is 0.262. The Hall–Kier alpha value is -3.09. The minimum Gasteiger partial charge on any atom is -0.449 e. The first-order valence-electron chi connectivity index (χ1n) is 7.19. The van der Waals surface area contributed by atoms with Gasteiger partial charge in [0.25, 0.3) is 0 Å². The summed E-state index contributed by atoms with van der Waals surface area (Å²) in [5.41, 5.74) is 1.83. The molecule has 0 radical (unpaired) electrons. The quantitative estimate of drug-likeness (QED) is 0.773. The van der Waals surface area contributed by atoms with Crippen LogP contribution in [0, 0.1) is 6.92 Å². The standard InChI is InChI=1S/C16H17N5O2/c1-11(21-8-7-17-12(21)2)13-3-5-14(6-4-13)19-16(22)20-15-9-23-10-18-15/h3-11H,1-2H3,(H2,19,20,22)/t11-/m1/s1. The molecule has 0 aliphatic rings. The molecule has 1 atom stereocenters. The van der Waals surface area contributed by atoms with Crippen molar-refractivity contribution in [3.63, 3.8) is 0 Å². The molecule has 1 aromatic carbocycles. The van der Waals surface area contributed by atoms with Gasteiger partial charge in [-0.1, -0.05) is 12.1 Å². The van der Waals surface area contributed by atoms with Gasteiger partial charge in [-0.15, -0.1) is 0 Å². The van der Waals surface area contributed by atoms with E-state index in [1.807, 2.05) is 37.4 Å². The fourth-order valence-electron chi connectivity index (χ4n) is 2.36. The van der Waals surface area contributed by atoms with Crippen molar-refractivity contribution in [2.24, 2.45) is 0 Å². The van der Waals surface area contributed by atoms with Crippen molar-refractivity contribution in [3.8, 4) is 0 Å². The summed E-state index contributed by atoms with van der Waals surface area (Å²) < 4.78 is 6.89. The normalized spacial score (nSPS) is 11.9. The molecule has 2 amide bonds. The summed E-state index contributed by atoms with van der Waals surface area (Å²) in [5.74, 6) is 1.33. The van der Waals surface area contributed by atoms with Crippen LogP contribution in [0.4, 0.5) is 16.3 Å². The molecule has 0 unspecified atom stereocenters. The number of hydrogen-bond acceptors (Lipinski definition) is 4. The summed E-state index contributed by atoms with van der Waals surface area (Å²) in [4.78, 5) is 19.9. The highest BCUT2D eigenvalue weighted by atomic mass is 16.3. The molecule has 7 nitrogen and oxygen atoms in total. The van der Waals surface area contributed by atoms with Crippen molar-refractivity contribution < 1.29 is 9.21 Å². The number of anilines is 2. The maximum Gasteiger partial charge on any atom is 0.324 e. The molecule has 0 aliphatic carbocycles. The summed E-state index contributed by atoms with van der Waals surface area (Å²) in [7, 11) is 0. The molecule has 0 aliphatic heterocycles. The van der Waals surface area contributed by atoms with Crippen LogP contribution >= 0.6 is 0 Å². The molecule has 0 saturated heterocycles. The van der Waals surface area contributed by atoms with Crippen LogP contribution in [0.2, 0.25) is 0 Å². The maximum absolute atomic E-state index is 11.8. The van der Waals surface area contributed by atoms with E-state index in [4.69, 9.17) is 4.42 Å². The molecule has 2 N–H and O–H groups in total. The van der Waals surface area contributed by atoms with E-state index in [1.54, 1.807) is 6.20 Å². The number of carbonyl (C=O) groups excluding carboxylic acids is 1. The minimum atomic E-state index is -0.370. The second-order valence-corrected chi connectivity index (χ2v) is 5.13. The Kier molecular flexibility index (Phi) is 4.09. The van der Waals surface area contributed by atoms with Crippen LogP contribution in [0.1, 0.15) is 24.4 Å². The number of urea groups is 1. The van der Waals surface area contributed by atoms with Gasteiger partial charge in [0.05, 0.1) is 6.04 Å². The molecule has 23 heavy (non-hydrogen) atoms. The molecule has 2 aromatic heterocycles. The third-order valence-corrected chi connectivity index (χ3v) is 3.60. The summed E-state index contributed by atoms with van der Waals surface area (Å²) >= 11 is 0. The number of nitrogens with zero attached hydrogens (tertiary/aromatic N) is 3. The third kappa shape index (κ3) is 3.39. The summed E-state index contributed by atoms with van der Waals surface area (Å²) in [6.45, 7) is 4.08. The molecule has 0 bridgehead atoms. The highest BCUT2D eigenvalue weighted by molar-refractivity contribution is 5.98. The number of aromatic nitrogens is 3. The van der Waals surface area contributed by atoms with E-state index in [0.29, 0.717) is 11.5 Å². The SMILES string of the molecule is Cc1nccn1[C@H](C)c1ccc(NC(=O)Nc2cocn2)cc1. The lowest BCUT2D eigenvalue weighted by Gasteiger charge is -2.16. The fraction of sp³-hybridized carbons (Fsp3) is 0.188. The molecule has 3 rings (SSSR count). The van der Waals surface area contributed by atoms with Crippen molar-refractivity contribution in [2.45, 2.75) is 19.9 Å². The van der Waals surface area contributed by atoms with Gasteiger partial charge < -0.3 is 14.3 Å². The zero-order chi connectivity index (χ0) is 16.2.